The van der Waals surface area contributed by atoms with E-state index in [0.717, 1.165) is 53.7 Å². The van der Waals surface area contributed by atoms with E-state index in [0.29, 0.717) is 6.54 Å². The number of nitrogens with zero attached hydrogens (tertiary/aromatic N) is 2. The van der Waals surface area contributed by atoms with Crippen LogP contribution in [0.3, 0.4) is 0 Å². The standard InChI is InChI=1S/C23H22N2O3/c1-2-7-17(8-3-1)22-23(25(16-24-22)15-18-9-6-14-26-18)21-12-11-20(28-21)19-10-4-5-13-27-19/h1-3,6-9,11-12,14,16,19H,4-5,10,13,15H2/t19-/m1/s1. The Bertz CT molecular complexity index is 1030. The number of benzene rings is 1. The summed E-state index contributed by atoms with van der Waals surface area (Å²) in [5.41, 5.74) is 2.91. The molecule has 1 aliphatic rings. The quantitative estimate of drug-likeness (QED) is 0.450. The number of hydrogen-bond acceptors (Lipinski definition) is 4. The minimum atomic E-state index is 0.0455. The molecule has 1 saturated heterocycles. The number of hydrogen-bond donors (Lipinski definition) is 0. The van der Waals surface area contributed by atoms with Crippen molar-refractivity contribution < 1.29 is 13.6 Å². The van der Waals surface area contributed by atoms with Gasteiger partial charge in [-0.25, -0.2) is 4.98 Å². The van der Waals surface area contributed by atoms with Crippen LogP contribution in [0.25, 0.3) is 22.7 Å². The van der Waals surface area contributed by atoms with Gasteiger partial charge in [0.1, 0.15) is 23.3 Å². The van der Waals surface area contributed by atoms with Crippen molar-refractivity contribution >= 4 is 0 Å². The van der Waals surface area contributed by atoms with E-state index in [1.165, 1.54) is 6.42 Å². The van der Waals surface area contributed by atoms with Gasteiger partial charge in [-0.15, -0.1) is 0 Å². The molecule has 5 rings (SSSR count). The highest BCUT2D eigenvalue weighted by Crippen LogP contribution is 2.36. The van der Waals surface area contributed by atoms with Crippen molar-refractivity contribution in [1.29, 1.82) is 0 Å². The minimum absolute atomic E-state index is 0.0455. The molecule has 5 heteroatoms. The molecule has 1 aromatic carbocycles. The molecule has 0 amide bonds. The molecule has 5 nitrogen and oxygen atoms in total. The van der Waals surface area contributed by atoms with Crippen LogP contribution in [0.1, 0.15) is 36.9 Å². The van der Waals surface area contributed by atoms with Crippen LogP contribution >= 0.6 is 0 Å². The molecule has 1 fully saturated rings. The van der Waals surface area contributed by atoms with Crippen molar-refractivity contribution in [1.82, 2.24) is 9.55 Å². The molecule has 0 spiro atoms. The lowest BCUT2D eigenvalue weighted by molar-refractivity contribution is 0.00220. The predicted octanol–water partition coefficient (Wildman–Crippen LogP) is 5.69. The Morgan fingerprint density at radius 1 is 1.00 bits per heavy atom. The van der Waals surface area contributed by atoms with Crippen LogP contribution in [0.5, 0.6) is 0 Å². The molecule has 28 heavy (non-hydrogen) atoms. The van der Waals surface area contributed by atoms with Crippen molar-refractivity contribution in [2.24, 2.45) is 0 Å². The molecular formula is C23H22N2O3. The summed E-state index contributed by atoms with van der Waals surface area (Å²) < 4.78 is 19.8. The molecule has 0 saturated carbocycles. The van der Waals surface area contributed by atoms with Crippen molar-refractivity contribution in [3.8, 4) is 22.7 Å². The van der Waals surface area contributed by atoms with Gasteiger partial charge in [0.25, 0.3) is 0 Å². The van der Waals surface area contributed by atoms with Gasteiger partial charge in [-0.05, 0) is 43.5 Å². The van der Waals surface area contributed by atoms with Crippen LogP contribution in [0.4, 0.5) is 0 Å². The largest absolute Gasteiger partial charge is 0.467 e. The Morgan fingerprint density at radius 3 is 2.71 bits per heavy atom. The fourth-order valence-electron chi connectivity index (χ4n) is 3.76. The van der Waals surface area contributed by atoms with Gasteiger partial charge in [0.15, 0.2) is 5.76 Å². The van der Waals surface area contributed by atoms with Gasteiger partial charge in [-0.3, -0.25) is 0 Å². The second-order valence-electron chi connectivity index (χ2n) is 7.07. The molecule has 1 aliphatic heterocycles. The van der Waals surface area contributed by atoms with Crippen molar-refractivity contribution in [2.75, 3.05) is 6.61 Å². The average Bonchev–Trinajstić information content (AvgIpc) is 3.50. The molecule has 0 N–H and O–H groups in total. The predicted molar refractivity (Wildman–Crippen MR) is 106 cm³/mol. The Balaban J connectivity index is 1.56. The van der Waals surface area contributed by atoms with Gasteiger partial charge < -0.3 is 18.1 Å². The molecule has 0 aliphatic carbocycles. The van der Waals surface area contributed by atoms with Crippen LogP contribution in [0, 0.1) is 0 Å². The highest BCUT2D eigenvalue weighted by molar-refractivity contribution is 5.76. The average molecular weight is 374 g/mol. The highest BCUT2D eigenvalue weighted by atomic mass is 16.5. The topological polar surface area (TPSA) is 53.3 Å². The lowest BCUT2D eigenvalue weighted by atomic mass is 10.1. The third kappa shape index (κ3) is 3.29. The maximum absolute atomic E-state index is 6.27. The smallest absolute Gasteiger partial charge is 0.153 e. The Morgan fingerprint density at radius 2 is 1.93 bits per heavy atom. The fraction of sp³-hybridized carbons (Fsp3) is 0.261. The van der Waals surface area contributed by atoms with E-state index < -0.39 is 0 Å². The van der Waals surface area contributed by atoms with Crippen molar-refractivity contribution in [2.45, 2.75) is 31.9 Å². The van der Waals surface area contributed by atoms with E-state index in [9.17, 15) is 0 Å². The van der Waals surface area contributed by atoms with E-state index in [2.05, 4.69) is 16.7 Å². The molecule has 1 atom stereocenters. The second kappa shape index (κ2) is 7.52. The first kappa shape index (κ1) is 17.1. The third-order valence-corrected chi connectivity index (χ3v) is 5.15. The lowest BCUT2D eigenvalue weighted by Gasteiger charge is -2.20. The Kier molecular flexibility index (Phi) is 4.59. The summed E-state index contributed by atoms with van der Waals surface area (Å²) in [5, 5.41) is 0. The molecule has 0 bridgehead atoms. The van der Waals surface area contributed by atoms with Crippen LogP contribution < -0.4 is 0 Å². The van der Waals surface area contributed by atoms with Gasteiger partial charge in [0.05, 0.1) is 24.8 Å². The van der Waals surface area contributed by atoms with E-state index >= 15 is 0 Å². The zero-order chi connectivity index (χ0) is 18.8. The molecule has 142 valence electrons. The molecule has 0 unspecified atom stereocenters. The van der Waals surface area contributed by atoms with Crippen LogP contribution in [0.2, 0.25) is 0 Å². The molecule has 4 aromatic rings. The SMILES string of the molecule is c1ccc(-c2ncn(Cc3ccco3)c2-c2ccc([C@H]3CCCCO3)o2)cc1. The van der Waals surface area contributed by atoms with Gasteiger partial charge in [-0.2, -0.15) is 0 Å². The highest BCUT2D eigenvalue weighted by Gasteiger charge is 2.23. The summed E-state index contributed by atoms with van der Waals surface area (Å²) in [4.78, 5) is 4.70. The lowest BCUT2D eigenvalue weighted by Crippen LogP contribution is -2.10. The first-order valence-electron chi connectivity index (χ1n) is 9.73. The summed E-state index contributed by atoms with van der Waals surface area (Å²) >= 11 is 0. The third-order valence-electron chi connectivity index (χ3n) is 5.15. The number of furan rings is 2. The molecule has 3 aromatic heterocycles. The Hall–Kier alpha value is -3.05. The minimum Gasteiger partial charge on any atom is -0.467 e. The Labute approximate surface area is 163 Å². The normalized spacial score (nSPS) is 17.1. The van der Waals surface area contributed by atoms with Crippen LogP contribution in [0.15, 0.2) is 76.0 Å². The van der Waals surface area contributed by atoms with E-state index in [-0.39, 0.29) is 6.10 Å². The van der Waals surface area contributed by atoms with Gasteiger partial charge in [0, 0.05) is 12.2 Å². The number of ether oxygens (including phenoxy) is 1. The number of aromatic nitrogens is 2. The zero-order valence-corrected chi connectivity index (χ0v) is 15.6. The van der Waals surface area contributed by atoms with Gasteiger partial charge >= 0.3 is 0 Å². The maximum atomic E-state index is 6.27. The first-order valence-corrected chi connectivity index (χ1v) is 9.73. The summed E-state index contributed by atoms with van der Waals surface area (Å²) in [6, 6.07) is 18.1. The van der Waals surface area contributed by atoms with Gasteiger partial charge in [-0.1, -0.05) is 30.3 Å². The maximum Gasteiger partial charge on any atom is 0.153 e. The molecule has 4 heterocycles. The summed E-state index contributed by atoms with van der Waals surface area (Å²) in [6.07, 6.45) is 6.88. The molecule has 0 radical (unpaired) electrons. The second-order valence-corrected chi connectivity index (χ2v) is 7.07. The monoisotopic (exact) mass is 374 g/mol. The van der Waals surface area contributed by atoms with Crippen molar-refractivity contribution in [3.63, 3.8) is 0 Å². The fourth-order valence-corrected chi connectivity index (χ4v) is 3.76. The van der Waals surface area contributed by atoms with Gasteiger partial charge in [0.2, 0.25) is 0 Å². The first-order chi connectivity index (χ1) is 13.9. The summed E-state index contributed by atoms with van der Waals surface area (Å²) in [5.74, 6) is 2.56. The summed E-state index contributed by atoms with van der Waals surface area (Å²) in [6.45, 7) is 1.39. The number of rotatable bonds is 5. The van der Waals surface area contributed by atoms with Crippen LogP contribution in [-0.2, 0) is 11.3 Å². The van der Waals surface area contributed by atoms with Crippen LogP contribution in [-0.4, -0.2) is 16.2 Å². The van der Waals surface area contributed by atoms with E-state index in [1.807, 2.05) is 48.8 Å². The molecular weight excluding hydrogens is 352 g/mol. The zero-order valence-electron chi connectivity index (χ0n) is 15.6. The van der Waals surface area contributed by atoms with E-state index in [1.54, 1.807) is 6.26 Å². The number of imidazole rings is 1. The van der Waals surface area contributed by atoms with Crippen molar-refractivity contribution in [3.05, 3.63) is 78.7 Å². The van der Waals surface area contributed by atoms with E-state index in [4.69, 9.17) is 18.6 Å². The summed E-state index contributed by atoms with van der Waals surface area (Å²) in [7, 11) is 0.